The molecule has 0 aromatic heterocycles. The van der Waals surface area contributed by atoms with E-state index in [4.69, 9.17) is 9.88 Å². The van der Waals surface area contributed by atoms with Crippen LogP contribution in [0.1, 0.15) is 15.9 Å². The molecule has 4 N–H and O–H groups in total. The van der Waals surface area contributed by atoms with Crippen molar-refractivity contribution < 1.29 is 27.9 Å². The molecule has 0 radical (unpaired) electrons. The van der Waals surface area contributed by atoms with Gasteiger partial charge in [-0.15, -0.1) is 0 Å². The molecule has 1 amide bonds. The lowest BCUT2D eigenvalue weighted by molar-refractivity contribution is -0.139. The molecule has 138 valence electrons. The van der Waals surface area contributed by atoms with E-state index in [1.165, 1.54) is 31.4 Å². The number of ether oxygens (including phenoxy) is 1. The fourth-order valence-corrected chi connectivity index (χ4v) is 2.75. The van der Waals surface area contributed by atoms with Gasteiger partial charge in [0, 0.05) is 12.0 Å². The van der Waals surface area contributed by atoms with Crippen LogP contribution in [-0.2, 0) is 21.2 Å². The molecular formula is C17H18N2O6S. The molecule has 0 aliphatic heterocycles. The summed E-state index contributed by atoms with van der Waals surface area (Å²) in [5.74, 6) is -1.18. The number of primary sulfonamides is 1. The number of rotatable bonds is 7. The number of sulfonamides is 1. The normalized spacial score (nSPS) is 12.2. The zero-order valence-electron chi connectivity index (χ0n) is 13.9. The second-order valence-electron chi connectivity index (χ2n) is 5.49. The predicted molar refractivity (Wildman–Crippen MR) is 93.4 cm³/mol. The number of benzene rings is 2. The van der Waals surface area contributed by atoms with Gasteiger partial charge in [0.15, 0.2) is 0 Å². The Bertz CT molecular complexity index is 892. The van der Waals surface area contributed by atoms with Crippen molar-refractivity contribution in [2.24, 2.45) is 5.14 Å². The number of hydrogen-bond acceptors (Lipinski definition) is 5. The molecule has 8 nitrogen and oxygen atoms in total. The number of aliphatic carboxylic acids is 1. The summed E-state index contributed by atoms with van der Waals surface area (Å²) in [6.07, 6.45) is 0.0837. The molecule has 26 heavy (non-hydrogen) atoms. The molecule has 0 saturated carbocycles. The first kappa shape index (κ1) is 19.4. The van der Waals surface area contributed by atoms with Crippen LogP contribution in [0.3, 0.4) is 0 Å². The monoisotopic (exact) mass is 378 g/mol. The molecule has 1 unspecified atom stereocenters. The van der Waals surface area contributed by atoms with Crippen LogP contribution in [0, 0.1) is 0 Å². The van der Waals surface area contributed by atoms with Crippen LogP contribution in [0.15, 0.2) is 53.4 Å². The van der Waals surface area contributed by atoms with Gasteiger partial charge in [-0.2, -0.15) is 0 Å². The number of amides is 1. The van der Waals surface area contributed by atoms with Crippen molar-refractivity contribution in [2.75, 3.05) is 7.11 Å². The van der Waals surface area contributed by atoms with Gasteiger partial charge in [0.2, 0.25) is 10.0 Å². The quantitative estimate of drug-likeness (QED) is 0.651. The predicted octanol–water partition coefficient (Wildman–Crippen LogP) is 0.768. The second kappa shape index (κ2) is 7.98. The summed E-state index contributed by atoms with van der Waals surface area (Å²) < 4.78 is 27.5. The van der Waals surface area contributed by atoms with Crippen molar-refractivity contribution in [3.05, 3.63) is 59.7 Å². The van der Waals surface area contributed by atoms with Crippen LogP contribution in [0.2, 0.25) is 0 Å². The van der Waals surface area contributed by atoms with E-state index in [-0.39, 0.29) is 16.9 Å². The van der Waals surface area contributed by atoms with Crippen LogP contribution in [0.4, 0.5) is 0 Å². The minimum Gasteiger partial charge on any atom is -0.497 e. The fraction of sp³-hybridized carbons (Fsp3) is 0.176. The van der Waals surface area contributed by atoms with Crippen molar-refractivity contribution >= 4 is 21.9 Å². The fourth-order valence-electron chi connectivity index (χ4n) is 2.23. The van der Waals surface area contributed by atoms with Gasteiger partial charge in [-0.3, -0.25) is 4.79 Å². The Balaban J connectivity index is 2.11. The number of nitrogens with one attached hydrogen (secondary N) is 1. The highest BCUT2D eigenvalue weighted by atomic mass is 32.2. The Hall–Kier alpha value is -2.91. The van der Waals surface area contributed by atoms with E-state index in [0.29, 0.717) is 11.3 Å². The summed E-state index contributed by atoms with van der Waals surface area (Å²) in [4.78, 5) is 23.5. The third-order valence-electron chi connectivity index (χ3n) is 3.65. The Kier molecular flexibility index (Phi) is 5.96. The van der Waals surface area contributed by atoms with Gasteiger partial charge in [0.1, 0.15) is 11.8 Å². The van der Waals surface area contributed by atoms with Crippen molar-refractivity contribution in [3.63, 3.8) is 0 Å². The van der Waals surface area contributed by atoms with Crippen LogP contribution in [0.25, 0.3) is 0 Å². The molecule has 0 heterocycles. The average Bonchev–Trinajstić information content (AvgIpc) is 2.61. The minimum absolute atomic E-state index is 0.0837. The molecule has 0 aliphatic carbocycles. The minimum atomic E-state index is -3.86. The second-order valence-corrected chi connectivity index (χ2v) is 7.05. The third kappa shape index (κ3) is 5.04. The largest absolute Gasteiger partial charge is 0.497 e. The first-order valence-electron chi connectivity index (χ1n) is 7.50. The van der Waals surface area contributed by atoms with Gasteiger partial charge < -0.3 is 15.2 Å². The zero-order chi connectivity index (χ0) is 19.3. The lowest BCUT2D eigenvalue weighted by atomic mass is 10.1. The summed E-state index contributed by atoms with van der Waals surface area (Å²) in [5.41, 5.74) is 0.835. The van der Waals surface area contributed by atoms with Gasteiger partial charge in [-0.25, -0.2) is 18.4 Å². The summed E-state index contributed by atoms with van der Waals surface area (Å²) >= 11 is 0. The Morgan fingerprint density at radius 2 is 1.69 bits per heavy atom. The van der Waals surface area contributed by atoms with E-state index in [2.05, 4.69) is 5.32 Å². The van der Waals surface area contributed by atoms with Gasteiger partial charge in [0.05, 0.1) is 12.0 Å². The molecular weight excluding hydrogens is 360 g/mol. The maximum absolute atomic E-state index is 12.2. The summed E-state index contributed by atoms with van der Waals surface area (Å²) in [6, 6.07) is 10.6. The number of carbonyl (C=O) groups excluding carboxylic acids is 1. The number of carbonyl (C=O) groups is 2. The lowest BCUT2D eigenvalue weighted by Gasteiger charge is -2.15. The van der Waals surface area contributed by atoms with E-state index in [1.807, 2.05) is 0 Å². The number of nitrogens with two attached hydrogens (primary N) is 1. The van der Waals surface area contributed by atoms with Crippen LogP contribution in [0.5, 0.6) is 5.75 Å². The Morgan fingerprint density at radius 1 is 1.12 bits per heavy atom. The average molecular weight is 378 g/mol. The van der Waals surface area contributed by atoms with Crippen LogP contribution < -0.4 is 15.2 Å². The van der Waals surface area contributed by atoms with E-state index < -0.39 is 27.9 Å². The molecule has 2 aromatic carbocycles. The SMILES string of the molecule is COc1ccc(CC(NC(=O)c2ccc(S(N)(=O)=O)cc2)C(=O)O)cc1. The number of carboxylic acids is 1. The maximum atomic E-state index is 12.2. The van der Waals surface area contributed by atoms with Crippen LogP contribution >= 0.6 is 0 Å². The first-order valence-corrected chi connectivity index (χ1v) is 9.05. The molecule has 0 fully saturated rings. The topological polar surface area (TPSA) is 136 Å². The Labute approximate surface area is 150 Å². The van der Waals surface area contributed by atoms with E-state index in [1.54, 1.807) is 24.3 Å². The molecule has 9 heteroatoms. The zero-order valence-corrected chi connectivity index (χ0v) is 14.7. The standard InChI is InChI=1S/C17H18N2O6S/c1-25-13-6-2-11(3-7-13)10-15(17(21)22)19-16(20)12-4-8-14(9-5-12)26(18,23)24/h2-9,15H,10H2,1H3,(H,19,20)(H,21,22)(H2,18,23,24). The highest BCUT2D eigenvalue weighted by Crippen LogP contribution is 2.13. The molecule has 0 aliphatic rings. The van der Waals surface area contributed by atoms with Gasteiger partial charge in [0.25, 0.3) is 5.91 Å². The third-order valence-corrected chi connectivity index (χ3v) is 4.58. The number of methoxy groups -OCH3 is 1. The molecule has 1 atom stereocenters. The highest BCUT2D eigenvalue weighted by molar-refractivity contribution is 7.89. The van der Waals surface area contributed by atoms with Crippen molar-refractivity contribution in [1.82, 2.24) is 5.32 Å². The Morgan fingerprint density at radius 3 is 2.15 bits per heavy atom. The summed E-state index contributed by atoms with van der Waals surface area (Å²) in [5, 5.41) is 16.8. The van der Waals surface area contributed by atoms with Crippen molar-refractivity contribution in [1.29, 1.82) is 0 Å². The molecule has 2 rings (SSSR count). The smallest absolute Gasteiger partial charge is 0.326 e. The number of hydrogen-bond donors (Lipinski definition) is 3. The van der Waals surface area contributed by atoms with Gasteiger partial charge in [-0.1, -0.05) is 12.1 Å². The van der Waals surface area contributed by atoms with E-state index in [0.717, 1.165) is 0 Å². The van der Waals surface area contributed by atoms with Gasteiger partial charge in [-0.05, 0) is 42.0 Å². The maximum Gasteiger partial charge on any atom is 0.326 e. The lowest BCUT2D eigenvalue weighted by Crippen LogP contribution is -2.42. The highest BCUT2D eigenvalue weighted by Gasteiger charge is 2.21. The number of carboxylic acid groups (broad SMARTS) is 1. The summed E-state index contributed by atoms with van der Waals surface area (Å²) in [6.45, 7) is 0. The molecule has 2 aromatic rings. The van der Waals surface area contributed by atoms with Crippen molar-refractivity contribution in [2.45, 2.75) is 17.4 Å². The summed E-state index contributed by atoms with van der Waals surface area (Å²) in [7, 11) is -2.34. The van der Waals surface area contributed by atoms with Crippen LogP contribution in [-0.4, -0.2) is 38.6 Å². The molecule has 0 saturated heterocycles. The van der Waals surface area contributed by atoms with E-state index in [9.17, 15) is 23.1 Å². The van der Waals surface area contributed by atoms with E-state index >= 15 is 0 Å². The van der Waals surface area contributed by atoms with Gasteiger partial charge >= 0.3 is 5.97 Å². The molecule has 0 bridgehead atoms. The van der Waals surface area contributed by atoms with Crippen molar-refractivity contribution in [3.8, 4) is 5.75 Å². The molecule has 0 spiro atoms. The first-order chi connectivity index (χ1) is 12.2.